The van der Waals surface area contributed by atoms with Crippen molar-refractivity contribution >= 4 is 11.9 Å². The van der Waals surface area contributed by atoms with E-state index in [-0.39, 0.29) is 31.0 Å². The second kappa shape index (κ2) is 13.9. The average Bonchev–Trinajstić information content (AvgIpc) is 2.87. The van der Waals surface area contributed by atoms with Crippen molar-refractivity contribution in [2.45, 2.75) is 18.8 Å². The van der Waals surface area contributed by atoms with Crippen LogP contribution in [0.5, 0.6) is 0 Å². The van der Waals surface area contributed by atoms with Crippen LogP contribution in [-0.4, -0.2) is 50.6 Å². The van der Waals surface area contributed by atoms with Gasteiger partial charge in [0.05, 0.1) is 30.3 Å². The number of hydrogen-bond acceptors (Lipinski definition) is 6. The Balaban J connectivity index is 2.14. The Kier molecular flexibility index (Phi) is 11.0. The molecule has 0 aliphatic heterocycles. The summed E-state index contributed by atoms with van der Waals surface area (Å²) in [6.45, 7) is 10.4. The first-order valence-electron chi connectivity index (χ1n) is 11.0. The summed E-state index contributed by atoms with van der Waals surface area (Å²) < 4.78 is 15.5. The molecule has 6 heteroatoms. The van der Waals surface area contributed by atoms with Gasteiger partial charge in [0.25, 0.3) is 0 Å². The van der Waals surface area contributed by atoms with Crippen molar-refractivity contribution in [1.29, 1.82) is 0 Å². The molecule has 0 fully saturated rings. The van der Waals surface area contributed by atoms with E-state index in [1.807, 2.05) is 30.3 Å². The van der Waals surface area contributed by atoms with Gasteiger partial charge in [0, 0.05) is 7.11 Å². The lowest BCUT2D eigenvalue weighted by atomic mass is 9.96. The van der Waals surface area contributed by atoms with E-state index in [2.05, 4.69) is 44.0 Å². The van der Waals surface area contributed by atoms with Crippen molar-refractivity contribution in [2.75, 3.05) is 33.5 Å². The molecule has 0 saturated heterocycles. The molecule has 0 bridgehead atoms. The lowest BCUT2D eigenvalue weighted by Crippen LogP contribution is -2.21. The van der Waals surface area contributed by atoms with Crippen molar-refractivity contribution in [3.63, 3.8) is 0 Å². The molecule has 1 atom stereocenters. The van der Waals surface area contributed by atoms with Crippen molar-refractivity contribution in [3.8, 4) is 11.1 Å². The van der Waals surface area contributed by atoms with Crippen molar-refractivity contribution in [3.05, 3.63) is 96.6 Å². The second-order valence-electron chi connectivity index (χ2n) is 7.84. The predicted molar refractivity (Wildman–Crippen MR) is 132 cm³/mol. The number of benzene rings is 2. The third-order valence-electron chi connectivity index (χ3n) is 5.22. The number of aliphatic hydroxyl groups excluding tert-OH is 1. The first-order chi connectivity index (χ1) is 16.4. The second-order valence-corrected chi connectivity index (χ2v) is 7.84. The van der Waals surface area contributed by atoms with E-state index in [1.54, 1.807) is 0 Å². The minimum absolute atomic E-state index is 0.0161. The summed E-state index contributed by atoms with van der Waals surface area (Å²) in [5, 5.41) is 9.08. The fourth-order valence-corrected chi connectivity index (χ4v) is 3.18. The summed E-state index contributed by atoms with van der Waals surface area (Å²) in [4.78, 5) is 24.1. The maximum Gasteiger partial charge on any atom is 0.335 e. The third kappa shape index (κ3) is 8.14. The quantitative estimate of drug-likeness (QED) is 0.254. The largest absolute Gasteiger partial charge is 0.461 e. The highest BCUT2D eigenvalue weighted by molar-refractivity contribution is 5.88. The molecule has 2 aromatic carbocycles. The molecular weight excluding hydrogens is 432 g/mol. The highest BCUT2D eigenvalue weighted by atomic mass is 16.5. The first-order valence-corrected chi connectivity index (χ1v) is 11.0. The van der Waals surface area contributed by atoms with Crippen molar-refractivity contribution in [2.24, 2.45) is 0 Å². The number of carbonyl (C=O) groups excluding carboxylic acids is 2. The van der Waals surface area contributed by atoms with E-state index in [1.165, 1.54) is 12.7 Å². The van der Waals surface area contributed by atoms with Crippen LogP contribution in [0.3, 0.4) is 0 Å². The summed E-state index contributed by atoms with van der Waals surface area (Å²) in [6.07, 6.45) is 3.81. The Labute approximate surface area is 201 Å². The van der Waals surface area contributed by atoms with Crippen molar-refractivity contribution < 1.29 is 28.9 Å². The van der Waals surface area contributed by atoms with Crippen LogP contribution in [0, 0.1) is 0 Å². The zero-order valence-corrected chi connectivity index (χ0v) is 19.6. The maximum atomic E-state index is 12.1. The summed E-state index contributed by atoms with van der Waals surface area (Å²) in [5.74, 6) is -1.69. The number of allylic oxidation sites excluding steroid dienone is 1. The molecule has 0 aliphatic carbocycles. The summed E-state index contributed by atoms with van der Waals surface area (Å²) >= 11 is 0. The molecule has 1 unspecified atom stereocenters. The third-order valence-corrected chi connectivity index (χ3v) is 5.22. The van der Waals surface area contributed by atoms with Gasteiger partial charge in [-0.15, -0.1) is 6.58 Å². The molecule has 0 spiro atoms. The molecule has 2 aromatic rings. The van der Waals surface area contributed by atoms with E-state index < -0.39 is 24.5 Å². The fourth-order valence-electron chi connectivity index (χ4n) is 3.18. The zero-order chi connectivity index (χ0) is 24.9. The van der Waals surface area contributed by atoms with Crippen LogP contribution in [0.25, 0.3) is 11.1 Å². The number of aryl methyl sites for hydroxylation is 1. The molecule has 2 rings (SSSR count). The minimum Gasteiger partial charge on any atom is -0.461 e. The van der Waals surface area contributed by atoms with Gasteiger partial charge in [-0.2, -0.15) is 0 Å². The fraction of sp³-hybridized carbons (Fsp3) is 0.286. The number of ether oxygens (including phenoxy) is 3. The van der Waals surface area contributed by atoms with E-state index in [4.69, 9.17) is 19.3 Å². The molecular formula is C28H32O6. The van der Waals surface area contributed by atoms with Gasteiger partial charge < -0.3 is 19.3 Å². The van der Waals surface area contributed by atoms with Crippen LogP contribution in [0.4, 0.5) is 0 Å². The standard InChI is InChI=1S/C28H32O6/c1-5-6-7-22-8-10-23(11-9-22)24-12-14-25(15-13-24)26(18-33-27(30)20(2)16-29)19-34-28(31)21(3)17-32-4/h5,8-15,26,29H,1-3,6-7,16-19H2,4H3. The van der Waals surface area contributed by atoms with E-state index in [9.17, 15) is 9.59 Å². The zero-order valence-electron chi connectivity index (χ0n) is 19.6. The molecule has 6 nitrogen and oxygen atoms in total. The van der Waals surface area contributed by atoms with Gasteiger partial charge in [-0.05, 0) is 35.1 Å². The molecule has 0 aromatic heterocycles. The molecule has 34 heavy (non-hydrogen) atoms. The molecule has 0 amide bonds. The molecule has 1 N–H and O–H groups in total. The van der Waals surface area contributed by atoms with Gasteiger partial charge in [-0.1, -0.05) is 67.8 Å². The molecule has 0 radical (unpaired) electrons. The van der Waals surface area contributed by atoms with Gasteiger partial charge in [0.1, 0.15) is 13.2 Å². The normalized spacial score (nSPS) is 11.4. The van der Waals surface area contributed by atoms with Gasteiger partial charge in [0.2, 0.25) is 0 Å². The van der Waals surface area contributed by atoms with Crippen LogP contribution < -0.4 is 0 Å². The number of hydrogen-bond donors (Lipinski definition) is 1. The van der Waals surface area contributed by atoms with Crippen LogP contribution in [0.2, 0.25) is 0 Å². The van der Waals surface area contributed by atoms with E-state index in [0.29, 0.717) is 0 Å². The number of aliphatic hydroxyl groups is 1. The Morgan fingerprint density at radius 3 is 1.94 bits per heavy atom. The highest BCUT2D eigenvalue weighted by Crippen LogP contribution is 2.25. The summed E-state index contributed by atoms with van der Waals surface area (Å²) in [6, 6.07) is 16.1. The van der Waals surface area contributed by atoms with Gasteiger partial charge in [0.15, 0.2) is 0 Å². The maximum absolute atomic E-state index is 12.1. The first kappa shape index (κ1) is 26.8. The monoisotopic (exact) mass is 464 g/mol. The van der Waals surface area contributed by atoms with Crippen LogP contribution in [0.1, 0.15) is 23.5 Å². The number of carbonyl (C=O) groups is 2. The highest BCUT2D eigenvalue weighted by Gasteiger charge is 2.19. The Bertz CT molecular complexity index is 989. The smallest absolute Gasteiger partial charge is 0.335 e. The van der Waals surface area contributed by atoms with Gasteiger partial charge >= 0.3 is 11.9 Å². The van der Waals surface area contributed by atoms with E-state index in [0.717, 1.165) is 29.5 Å². The Morgan fingerprint density at radius 1 is 0.912 bits per heavy atom. The lowest BCUT2D eigenvalue weighted by molar-refractivity contribution is -0.143. The van der Waals surface area contributed by atoms with Gasteiger partial charge in [-0.25, -0.2) is 9.59 Å². The molecule has 0 aliphatic rings. The summed E-state index contributed by atoms with van der Waals surface area (Å²) in [5.41, 5.74) is 4.35. The topological polar surface area (TPSA) is 82.1 Å². The number of rotatable bonds is 14. The van der Waals surface area contributed by atoms with Crippen LogP contribution in [-0.2, 0) is 30.2 Å². The lowest BCUT2D eigenvalue weighted by Gasteiger charge is -2.19. The minimum atomic E-state index is -0.698. The number of esters is 2. The summed E-state index contributed by atoms with van der Waals surface area (Å²) in [7, 11) is 1.46. The molecule has 180 valence electrons. The van der Waals surface area contributed by atoms with Crippen molar-refractivity contribution in [1.82, 2.24) is 0 Å². The van der Waals surface area contributed by atoms with E-state index >= 15 is 0 Å². The number of methoxy groups -OCH3 is 1. The van der Waals surface area contributed by atoms with Crippen LogP contribution in [0.15, 0.2) is 85.5 Å². The SMILES string of the molecule is C=CCCc1ccc(-c2ccc(C(COC(=O)C(=C)CO)COC(=O)C(=C)COC)cc2)cc1. The van der Waals surface area contributed by atoms with Gasteiger partial charge in [-0.3, -0.25) is 0 Å². The predicted octanol–water partition coefficient (Wildman–Crippen LogP) is 4.39. The Morgan fingerprint density at radius 2 is 1.44 bits per heavy atom. The van der Waals surface area contributed by atoms with Crippen LogP contribution >= 0.6 is 0 Å². The Hall–Kier alpha value is -3.48. The molecule has 0 saturated carbocycles. The average molecular weight is 465 g/mol. The molecule has 0 heterocycles.